The molecule has 1 N–H and O–H groups in total. The first kappa shape index (κ1) is 18.2. The van der Waals surface area contributed by atoms with Crippen molar-refractivity contribution in [3.05, 3.63) is 89.3 Å². The molecule has 0 aliphatic carbocycles. The fourth-order valence-corrected chi connectivity index (χ4v) is 3.43. The highest BCUT2D eigenvalue weighted by Gasteiger charge is 2.16. The molecule has 0 saturated carbocycles. The van der Waals surface area contributed by atoms with Crippen LogP contribution in [0.15, 0.2) is 77.4 Å². The first-order valence-corrected chi connectivity index (χ1v) is 9.60. The Bertz CT molecular complexity index is 1100. The van der Waals surface area contributed by atoms with Gasteiger partial charge < -0.3 is 4.42 Å². The summed E-state index contributed by atoms with van der Waals surface area (Å²) in [7, 11) is 0. The van der Waals surface area contributed by atoms with Gasteiger partial charge >= 0.3 is 0 Å². The molecule has 5 nitrogen and oxygen atoms in total. The van der Waals surface area contributed by atoms with Gasteiger partial charge in [-0.1, -0.05) is 65.4 Å². The molecule has 4 rings (SSSR count). The number of anilines is 1. The molecule has 0 bridgehead atoms. The Morgan fingerprint density at radius 1 is 1.00 bits per heavy atom. The number of aromatic nitrogens is 2. The number of nitrogens with zero attached hydrogens (tertiary/aromatic N) is 2. The van der Waals surface area contributed by atoms with Crippen LogP contribution in [0.5, 0.6) is 0 Å². The summed E-state index contributed by atoms with van der Waals surface area (Å²) in [5.41, 5.74) is 2.13. The molecule has 2 aromatic carbocycles. The van der Waals surface area contributed by atoms with Crippen LogP contribution in [-0.2, 0) is 4.79 Å². The molecule has 0 aliphatic heterocycles. The van der Waals surface area contributed by atoms with Crippen molar-refractivity contribution in [3.8, 4) is 10.6 Å². The van der Waals surface area contributed by atoms with E-state index in [4.69, 9.17) is 16.0 Å². The number of carbonyl (C=O) groups excluding carboxylic acids is 1. The van der Waals surface area contributed by atoms with Gasteiger partial charge in [0.25, 0.3) is 5.91 Å². The van der Waals surface area contributed by atoms with Crippen LogP contribution in [0, 0.1) is 0 Å². The summed E-state index contributed by atoms with van der Waals surface area (Å²) >= 11 is 7.21. The molecule has 0 saturated heterocycles. The maximum absolute atomic E-state index is 12.9. The highest BCUT2D eigenvalue weighted by Crippen LogP contribution is 2.28. The fraction of sp³-hybridized carbons (Fsp3) is 0. The van der Waals surface area contributed by atoms with E-state index in [0.717, 1.165) is 11.1 Å². The molecular weight excluding hydrogens is 394 g/mol. The molecule has 1 amide bonds. The summed E-state index contributed by atoms with van der Waals surface area (Å²) in [6.45, 7) is 0. The number of halogens is 1. The van der Waals surface area contributed by atoms with Crippen molar-refractivity contribution in [1.82, 2.24) is 10.2 Å². The van der Waals surface area contributed by atoms with Crippen molar-refractivity contribution in [2.45, 2.75) is 0 Å². The highest BCUT2D eigenvalue weighted by atomic mass is 35.5. The standard InChI is InChI=1S/C21H14ClN3O2S/c22-16-10-8-15(9-11-16)20-24-25-21(28-20)23-19(26)18(13-17-7-4-12-27-17)14-5-2-1-3-6-14/h1-13H,(H,23,25,26)/b18-13+. The van der Waals surface area contributed by atoms with E-state index in [1.807, 2.05) is 42.5 Å². The Hall–Kier alpha value is -3.22. The molecule has 4 aromatic rings. The Morgan fingerprint density at radius 3 is 2.50 bits per heavy atom. The van der Waals surface area contributed by atoms with Gasteiger partial charge in [0.2, 0.25) is 5.13 Å². The fourth-order valence-electron chi connectivity index (χ4n) is 2.56. The van der Waals surface area contributed by atoms with Crippen molar-refractivity contribution in [3.63, 3.8) is 0 Å². The lowest BCUT2D eigenvalue weighted by Crippen LogP contribution is -2.13. The molecule has 0 aliphatic rings. The molecule has 0 unspecified atom stereocenters. The van der Waals surface area contributed by atoms with Gasteiger partial charge in [-0.2, -0.15) is 0 Å². The van der Waals surface area contributed by atoms with Crippen LogP contribution in [0.3, 0.4) is 0 Å². The minimum absolute atomic E-state index is 0.290. The predicted molar refractivity (Wildman–Crippen MR) is 112 cm³/mol. The summed E-state index contributed by atoms with van der Waals surface area (Å²) in [6, 6.07) is 20.3. The average Bonchev–Trinajstić information content (AvgIpc) is 3.39. The van der Waals surface area contributed by atoms with Crippen LogP contribution in [-0.4, -0.2) is 16.1 Å². The maximum Gasteiger partial charge on any atom is 0.258 e. The first-order chi connectivity index (χ1) is 13.7. The Labute approximate surface area is 170 Å². The number of benzene rings is 2. The zero-order valence-corrected chi connectivity index (χ0v) is 16.1. The van der Waals surface area contributed by atoms with Crippen LogP contribution in [0.2, 0.25) is 5.02 Å². The number of carbonyl (C=O) groups is 1. The van der Waals surface area contributed by atoms with Gasteiger partial charge in [0, 0.05) is 10.6 Å². The van der Waals surface area contributed by atoms with Gasteiger partial charge in [0.15, 0.2) is 0 Å². The van der Waals surface area contributed by atoms with E-state index in [-0.39, 0.29) is 5.91 Å². The maximum atomic E-state index is 12.9. The van der Waals surface area contributed by atoms with Crippen molar-refractivity contribution in [2.75, 3.05) is 5.32 Å². The second-order valence-corrected chi connectivity index (χ2v) is 7.23. The molecule has 2 heterocycles. The van der Waals surface area contributed by atoms with E-state index in [1.54, 1.807) is 36.6 Å². The van der Waals surface area contributed by atoms with E-state index in [1.165, 1.54) is 11.3 Å². The van der Waals surface area contributed by atoms with Crippen LogP contribution in [0.1, 0.15) is 11.3 Å². The van der Waals surface area contributed by atoms with Gasteiger partial charge in [0.1, 0.15) is 10.8 Å². The van der Waals surface area contributed by atoms with Gasteiger partial charge in [-0.15, -0.1) is 10.2 Å². The summed E-state index contributed by atoms with van der Waals surface area (Å²) in [6.07, 6.45) is 3.27. The SMILES string of the molecule is O=C(Nc1nnc(-c2ccc(Cl)cc2)s1)/C(=C/c1ccco1)c1ccccc1. The van der Waals surface area contributed by atoms with E-state index >= 15 is 0 Å². The normalized spacial score (nSPS) is 11.4. The number of furan rings is 1. The second-order valence-electron chi connectivity index (χ2n) is 5.81. The number of rotatable bonds is 5. The molecule has 7 heteroatoms. The van der Waals surface area contributed by atoms with E-state index in [9.17, 15) is 4.79 Å². The summed E-state index contributed by atoms with van der Waals surface area (Å²) in [5, 5.41) is 12.8. The summed E-state index contributed by atoms with van der Waals surface area (Å²) in [5.74, 6) is 0.300. The van der Waals surface area contributed by atoms with E-state index < -0.39 is 0 Å². The largest absolute Gasteiger partial charge is 0.465 e. The van der Waals surface area contributed by atoms with Crippen LogP contribution >= 0.6 is 22.9 Å². The molecule has 138 valence electrons. The zero-order chi connectivity index (χ0) is 19.3. The summed E-state index contributed by atoms with van der Waals surface area (Å²) in [4.78, 5) is 12.9. The molecule has 28 heavy (non-hydrogen) atoms. The highest BCUT2D eigenvalue weighted by molar-refractivity contribution is 7.18. The quantitative estimate of drug-likeness (QED) is 0.435. The van der Waals surface area contributed by atoms with E-state index in [0.29, 0.717) is 26.5 Å². The van der Waals surface area contributed by atoms with Gasteiger partial charge in [-0.25, -0.2) is 0 Å². The number of amides is 1. The third kappa shape index (κ3) is 4.19. The van der Waals surface area contributed by atoms with Crippen LogP contribution in [0.25, 0.3) is 22.2 Å². The van der Waals surface area contributed by atoms with Crippen LogP contribution < -0.4 is 5.32 Å². The third-order valence-corrected chi connectivity index (χ3v) is 5.04. The third-order valence-electron chi connectivity index (χ3n) is 3.90. The zero-order valence-electron chi connectivity index (χ0n) is 14.5. The monoisotopic (exact) mass is 407 g/mol. The van der Waals surface area contributed by atoms with Gasteiger partial charge in [-0.05, 0) is 35.9 Å². The Kier molecular flexibility index (Phi) is 5.32. The molecule has 0 fully saturated rings. The molecule has 0 atom stereocenters. The predicted octanol–water partition coefficient (Wildman–Crippen LogP) is 5.63. The lowest BCUT2D eigenvalue weighted by Gasteiger charge is -2.06. The lowest BCUT2D eigenvalue weighted by molar-refractivity contribution is -0.111. The van der Waals surface area contributed by atoms with Gasteiger partial charge in [-0.3, -0.25) is 10.1 Å². The first-order valence-electron chi connectivity index (χ1n) is 8.40. The number of hydrogen-bond acceptors (Lipinski definition) is 5. The van der Waals surface area contributed by atoms with Crippen molar-refractivity contribution >= 4 is 45.6 Å². The summed E-state index contributed by atoms with van der Waals surface area (Å²) < 4.78 is 5.36. The lowest BCUT2D eigenvalue weighted by atomic mass is 10.0. The molecular formula is C21H14ClN3O2S. The topological polar surface area (TPSA) is 68.0 Å². The molecule has 0 spiro atoms. The van der Waals surface area contributed by atoms with Crippen molar-refractivity contribution < 1.29 is 9.21 Å². The second kappa shape index (κ2) is 8.21. The minimum atomic E-state index is -0.290. The Morgan fingerprint density at radius 2 is 1.79 bits per heavy atom. The average molecular weight is 408 g/mol. The van der Waals surface area contributed by atoms with Crippen molar-refractivity contribution in [2.24, 2.45) is 0 Å². The molecule has 0 radical (unpaired) electrons. The molecule has 2 aromatic heterocycles. The number of nitrogens with one attached hydrogen (secondary N) is 1. The Balaban J connectivity index is 1.59. The van der Waals surface area contributed by atoms with Crippen LogP contribution in [0.4, 0.5) is 5.13 Å². The smallest absolute Gasteiger partial charge is 0.258 e. The van der Waals surface area contributed by atoms with Crippen molar-refractivity contribution in [1.29, 1.82) is 0 Å². The van der Waals surface area contributed by atoms with Gasteiger partial charge in [0.05, 0.1) is 11.8 Å². The van der Waals surface area contributed by atoms with E-state index in [2.05, 4.69) is 15.5 Å². The minimum Gasteiger partial charge on any atom is -0.465 e. The number of hydrogen-bond donors (Lipinski definition) is 1.